The third-order valence-electron chi connectivity index (χ3n) is 7.61. The van der Waals surface area contributed by atoms with Crippen molar-refractivity contribution in [2.45, 2.75) is 72.1 Å². The summed E-state index contributed by atoms with van der Waals surface area (Å²) < 4.78 is 16.8. The van der Waals surface area contributed by atoms with E-state index in [1.165, 1.54) is 6.08 Å². The molecule has 3 aliphatic heterocycles. The van der Waals surface area contributed by atoms with E-state index in [0.717, 1.165) is 24.0 Å². The Morgan fingerprint density at radius 2 is 1.82 bits per heavy atom. The second kappa shape index (κ2) is 12.5. The fraction of sp³-hybridized carbons (Fsp3) is 0.621. The first-order chi connectivity index (χ1) is 17.9. The number of nitrogens with zero attached hydrogens (tertiary/aromatic N) is 2. The van der Waals surface area contributed by atoms with Gasteiger partial charge in [-0.25, -0.2) is 9.59 Å². The van der Waals surface area contributed by atoms with Gasteiger partial charge in [0.15, 0.2) is 0 Å². The van der Waals surface area contributed by atoms with Gasteiger partial charge < -0.3 is 23.7 Å². The number of hydrogen-bond donors (Lipinski definition) is 0. The fourth-order valence-electron chi connectivity index (χ4n) is 5.67. The number of hydrogen-bond acceptors (Lipinski definition) is 6. The number of carbonyl (C=O) groups excluding carboxylic acids is 3. The summed E-state index contributed by atoms with van der Waals surface area (Å²) in [5, 5.41) is 0. The van der Waals surface area contributed by atoms with Gasteiger partial charge in [0.1, 0.15) is 18.9 Å². The number of fused-ring (bicyclic) bond motifs is 1. The lowest BCUT2D eigenvalue weighted by molar-refractivity contribution is -0.163. The average molecular weight is 544 g/mol. The zero-order chi connectivity index (χ0) is 28.2. The van der Waals surface area contributed by atoms with E-state index in [4.69, 9.17) is 13.9 Å². The largest absolute Gasteiger partial charge is 0.457 e. The maximum absolute atomic E-state index is 13.6. The van der Waals surface area contributed by atoms with Crippen LogP contribution < -0.4 is 0 Å². The van der Waals surface area contributed by atoms with Crippen molar-refractivity contribution in [2.75, 3.05) is 26.4 Å². The molecule has 2 fully saturated rings. The number of β-lactam (4-membered cyclic amide) rings is 1. The molecule has 1 radical (unpaired) electrons. The average Bonchev–Trinajstić information content (AvgIpc) is 3.45. The predicted molar refractivity (Wildman–Crippen MR) is 148 cm³/mol. The van der Waals surface area contributed by atoms with Gasteiger partial charge in [-0.1, -0.05) is 52.2 Å². The molecule has 0 saturated carbocycles. The zero-order valence-corrected chi connectivity index (χ0v) is 24.7. The van der Waals surface area contributed by atoms with Crippen molar-refractivity contribution in [1.82, 2.24) is 9.80 Å². The van der Waals surface area contributed by atoms with Gasteiger partial charge in [-0.2, -0.15) is 0 Å². The standard InChI is InChI=1S/C29H43N2O6Si/c1-9-14-35-27(33)25-21(19(3)16-20-12-11-13-30(20)28(34)36-15-10-2)17-23-24(26(32)31(23)25)22(29(4,5)6)18-37-38(7)8/h9-10,16,20,22-24H,1-2,11-15,17-18H2,3-8H3/b19-16+/t20-,22+,23+,24-/m0/s1. The first-order valence-electron chi connectivity index (χ1n) is 13.4. The SMILES string of the molecule is C=CCOC(=O)C1=C(/C(C)=C/[C@@H]2CCCN2C(=O)OCC=C)C[C@@H]2[C@H]([C@@H](CO[Si](C)C)C(C)(C)C)C(=O)N12. The molecule has 2 amide bonds. The predicted octanol–water partition coefficient (Wildman–Crippen LogP) is 4.86. The second-order valence-corrected chi connectivity index (χ2v) is 13.6. The molecule has 3 aliphatic rings. The molecule has 3 rings (SSSR count). The van der Waals surface area contributed by atoms with Crippen LogP contribution in [0, 0.1) is 17.3 Å². The molecule has 8 nitrogen and oxygen atoms in total. The highest BCUT2D eigenvalue weighted by Crippen LogP contribution is 2.51. The van der Waals surface area contributed by atoms with Gasteiger partial charge in [-0.05, 0) is 61.8 Å². The van der Waals surface area contributed by atoms with Crippen LogP contribution in [0.4, 0.5) is 4.79 Å². The molecule has 209 valence electrons. The zero-order valence-electron chi connectivity index (χ0n) is 23.7. The first-order valence-corrected chi connectivity index (χ1v) is 15.8. The first kappa shape index (κ1) is 29.9. The molecular formula is C29H43N2O6Si. The van der Waals surface area contributed by atoms with Crippen LogP contribution in [-0.2, 0) is 23.5 Å². The topological polar surface area (TPSA) is 85.4 Å². The number of amides is 2. The minimum atomic E-state index is -0.910. The van der Waals surface area contributed by atoms with Crippen molar-refractivity contribution >= 4 is 27.0 Å². The molecule has 4 atom stereocenters. The van der Waals surface area contributed by atoms with Gasteiger partial charge in [-0.15, -0.1) is 0 Å². The number of ether oxygens (including phenoxy) is 2. The van der Waals surface area contributed by atoms with Crippen LogP contribution in [0.25, 0.3) is 0 Å². The van der Waals surface area contributed by atoms with E-state index >= 15 is 0 Å². The lowest BCUT2D eigenvalue weighted by Crippen LogP contribution is -2.63. The van der Waals surface area contributed by atoms with E-state index in [1.807, 2.05) is 13.0 Å². The molecule has 38 heavy (non-hydrogen) atoms. The number of rotatable bonds is 11. The van der Waals surface area contributed by atoms with Crippen LogP contribution in [0.15, 0.2) is 48.2 Å². The summed E-state index contributed by atoms with van der Waals surface area (Å²) in [5.41, 5.74) is 1.85. The molecule has 0 aliphatic carbocycles. The Hall–Kier alpha value is -2.65. The van der Waals surface area contributed by atoms with E-state index in [9.17, 15) is 14.4 Å². The Morgan fingerprint density at radius 3 is 2.42 bits per heavy atom. The van der Waals surface area contributed by atoms with Crippen LogP contribution >= 0.6 is 0 Å². The van der Waals surface area contributed by atoms with Crippen molar-refractivity contribution in [1.29, 1.82) is 0 Å². The van der Waals surface area contributed by atoms with Crippen molar-refractivity contribution < 1.29 is 28.3 Å². The highest BCUT2D eigenvalue weighted by Gasteiger charge is 2.59. The van der Waals surface area contributed by atoms with Gasteiger partial charge in [0.25, 0.3) is 0 Å². The molecule has 3 heterocycles. The van der Waals surface area contributed by atoms with Crippen molar-refractivity contribution in [3.8, 4) is 0 Å². The molecule has 9 heteroatoms. The van der Waals surface area contributed by atoms with Crippen LogP contribution in [0.1, 0.15) is 47.0 Å². The number of allylic oxidation sites excluding steroid dienone is 1. The van der Waals surface area contributed by atoms with Crippen LogP contribution in [0.5, 0.6) is 0 Å². The van der Waals surface area contributed by atoms with Crippen LogP contribution in [-0.4, -0.2) is 75.3 Å². The third-order valence-corrected chi connectivity index (χ3v) is 8.35. The summed E-state index contributed by atoms with van der Waals surface area (Å²) in [6.07, 6.45) is 6.95. The third kappa shape index (κ3) is 6.31. The van der Waals surface area contributed by atoms with E-state index in [1.54, 1.807) is 15.9 Å². The number of carbonyl (C=O) groups is 3. The summed E-state index contributed by atoms with van der Waals surface area (Å²) in [7, 11) is -0.910. The lowest BCUT2D eigenvalue weighted by atomic mass is 9.66. The fourth-order valence-corrected chi connectivity index (χ4v) is 6.18. The van der Waals surface area contributed by atoms with Gasteiger partial charge in [0, 0.05) is 13.2 Å². The van der Waals surface area contributed by atoms with Gasteiger partial charge in [0.05, 0.1) is 18.0 Å². The van der Waals surface area contributed by atoms with E-state index < -0.39 is 15.0 Å². The van der Waals surface area contributed by atoms with Crippen LogP contribution in [0.3, 0.4) is 0 Å². The quantitative estimate of drug-likeness (QED) is 0.160. The highest BCUT2D eigenvalue weighted by atomic mass is 28.3. The minimum Gasteiger partial charge on any atom is -0.457 e. The summed E-state index contributed by atoms with van der Waals surface area (Å²) >= 11 is 0. The Morgan fingerprint density at radius 1 is 1.16 bits per heavy atom. The maximum atomic E-state index is 13.6. The normalized spacial score (nSPS) is 24.3. The Kier molecular flexibility index (Phi) is 9.81. The molecule has 0 aromatic heterocycles. The highest BCUT2D eigenvalue weighted by molar-refractivity contribution is 6.48. The maximum Gasteiger partial charge on any atom is 0.410 e. The van der Waals surface area contributed by atoms with Crippen molar-refractivity contribution in [2.24, 2.45) is 17.3 Å². The van der Waals surface area contributed by atoms with Crippen LogP contribution in [0.2, 0.25) is 13.1 Å². The summed E-state index contributed by atoms with van der Waals surface area (Å²) in [4.78, 5) is 42.7. The van der Waals surface area contributed by atoms with Gasteiger partial charge in [0.2, 0.25) is 14.9 Å². The van der Waals surface area contributed by atoms with Gasteiger partial charge >= 0.3 is 12.1 Å². The van der Waals surface area contributed by atoms with E-state index in [0.29, 0.717) is 25.3 Å². The molecule has 2 saturated heterocycles. The van der Waals surface area contributed by atoms with E-state index in [2.05, 4.69) is 47.0 Å². The van der Waals surface area contributed by atoms with Crippen molar-refractivity contribution in [3.05, 3.63) is 48.2 Å². The van der Waals surface area contributed by atoms with Gasteiger partial charge in [-0.3, -0.25) is 4.79 Å². The second-order valence-electron chi connectivity index (χ2n) is 11.5. The molecule has 0 aromatic carbocycles. The van der Waals surface area contributed by atoms with E-state index in [-0.39, 0.29) is 54.5 Å². The summed E-state index contributed by atoms with van der Waals surface area (Å²) in [5.74, 6) is -0.786. The summed E-state index contributed by atoms with van der Waals surface area (Å²) in [6.45, 7) is 21.2. The smallest absolute Gasteiger partial charge is 0.410 e. The molecular weight excluding hydrogens is 500 g/mol. The molecule has 0 bridgehead atoms. The Labute approximate surface area is 229 Å². The number of likely N-dealkylation sites (tertiary alicyclic amines) is 1. The molecule has 0 aromatic rings. The summed E-state index contributed by atoms with van der Waals surface area (Å²) in [6, 6.07) is -0.267. The molecule has 0 N–H and O–H groups in total. The molecule has 0 unspecified atom stereocenters. The molecule has 0 spiro atoms. The van der Waals surface area contributed by atoms with Crippen molar-refractivity contribution in [3.63, 3.8) is 0 Å². The lowest BCUT2D eigenvalue weighted by Gasteiger charge is -2.50. The number of esters is 1. The Bertz CT molecular complexity index is 1010. The Balaban J connectivity index is 1.92. The monoisotopic (exact) mass is 543 g/mol. The minimum absolute atomic E-state index is 0.0233.